The van der Waals surface area contributed by atoms with Crippen LogP contribution in [0, 0.1) is 0 Å². The van der Waals surface area contributed by atoms with E-state index in [1.54, 1.807) is 18.2 Å². The Morgan fingerprint density at radius 1 is 1.37 bits per heavy atom. The van der Waals surface area contributed by atoms with Gasteiger partial charge in [-0.05, 0) is 18.6 Å². The predicted molar refractivity (Wildman–Crippen MR) is 71.1 cm³/mol. The van der Waals surface area contributed by atoms with Crippen LogP contribution in [0.15, 0.2) is 35.3 Å². The van der Waals surface area contributed by atoms with E-state index in [4.69, 9.17) is 0 Å². The van der Waals surface area contributed by atoms with E-state index >= 15 is 0 Å². The molecule has 3 rings (SSSR count). The first-order valence-electron chi connectivity index (χ1n) is 6.24. The number of β-amino-alcohol motifs (C(OH)–C–C–N with tert-alkyl or cyclic N) is 1. The van der Waals surface area contributed by atoms with Gasteiger partial charge in [0.2, 0.25) is 5.43 Å². The number of benzene rings is 1. The largest absolute Gasteiger partial charge is 0.391 e. The van der Waals surface area contributed by atoms with E-state index in [2.05, 4.69) is 4.98 Å². The SMILES string of the molecule is O=C(c1c[nH]c2ccccc2c1=O)N1CCC(O)C1. The first-order chi connectivity index (χ1) is 9.16. The number of rotatable bonds is 1. The van der Waals surface area contributed by atoms with Gasteiger partial charge in [0.15, 0.2) is 0 Å². The fourth-order valence-electron chi connectivity index (χ4n) is 2.42. The first kappa shape index (κ1) is 11.9. The van der Waals surface area contributed by atoms with Crippen LogP contribution in [0.3, 0.4) is 0 Å². The van der Waals surface area contributed by atoms with Crippen molar-refractivity contribution in [3.63, 3.8) is 0 Å². The van der Waals surface area contributed by atoms with Gasteiger partial charge in [0.05, 0.1) is 6.10 Å². The maximum absolute atomic E-state index is 12.3. The summed E-state index contributed by atoms with van der Waals surface area (Å²) >= 11 is 0. The molecule has 0 aliphatic carbocycles. The highest BCUT2D eigenvalue weighted by Crippen LogP contribution is 2.13. The molecule has 1 fully saturated rings. The summed E-state index contributed by atoms with van der Waals surface area (Å²) in [6.45, 7) is 0.789. The summed E-state index contributed by atoms with van der Waals surface area (Å²) in [6, 6.07) is 7.09. The molecule has 98 valence electrons. The summed E-state index contributed by atoms with van der Waals surface area (Å²) in [7, 11) is 0. The van der Waals surface area contributed by atoms with Crippen molar-refractivity contribution in [1.82, 2.24) is 9.88 Å². The standard InChI is InChI=1S/C14H14N2O3/c17-9-5-6-16(8-9)14(19)11-7-15-12-4-2-1-3-10(12)13(11)18/h1-4,7,9,17H,5-6,8H2,(H,15,18). The number of H-pyrrole nitrogens is 1. The van der Waals surface area contributed by atoms with Gasteiger partial charge in [-0.15, -0.1) is 0 Å². The van der Waals surface area contributed by atoms with Gasteiger partial charge < -0.3 is 15.0 Å². The number of nitrogens with zero attached hydrogens (tertiary/aromatic N) is 1. The minimum absolute atomic E-state index is 0.132. The second kappa shape index (κ2) is 4.51. The molecule has 2 aromatic rings. The Kier molecular flexibility index (Phi) is 2.83. The summed E-state index contributed by atoms with van der Waals surface area (Å²) in [4.78, 5) is 29.0. The summed E-state index contributed by atoms with van der Waals surface area (Å²) in [5, 5.41) is 9.96. The Hall–Kier alpha value is -2.14. The third-order valence-electron chi connectivity index (χ3n) is 3.47. The number of carbonyl (C=O) groups excluding carboxylic acids is 1. The molecule has 1 amide bonds. The van der Waals surface area contributed by atoms with E-state index < -0.39 is 6.10 Å². The van der Waals surface area contributed by atoms with E-state index in [0.29, 0.717) is 30.4 Å². The minimum Gasteiger partial charge on any atom is -0.391 e. The molecule has 0 bridgehead atoms. The van der Waals surface area contributed by atoms with Crippen LogP contribution in [0.1, 0.15) is 16.8 Å². The van der Waals surface area contributed by atoms with Crippen LogP contribution < -0.4 is 5.43 Å². The smallest absolute Gasteiger partial charge is 0.259 e. The lowest BCUT2D eigenvalue weighted by atomic mass is 10.1. The van der Waals surface area contributed by atoms with E-state index in [-0.39, 0.29) is 16.9 Å². The number of amides is 1. The number of pyridine rings is 1. The van der Waals surface area contributed by atoms with Gasteiger partial charge in [-0.3, -0.25) is 9.59 Å². The Bertz CT molecular complexity index is 692. The van der Waals surface area contributed by atoms with E-state index in [0.717, 1.165) is 0 Å². The number of nitrogens with one attached hydrogen (secondary N) is 1. The van der Waals surface area contributed by atoms with E-state index in [9.17, 15) is 14.7 Å². The van der Waals surface area contributed by atoms with Crippen LogP contribution in [0.25, 0.3) is 10.9 Å². The highest BCUT2D eigenvalue weighted by Gasteiger charge is 2.27. The van der Waals surface area contributed by atoms with Gasteiger partial charge in [-0.25, -0.2) is 0 Å². The van der Waals surface area contributed by atoms with Crippen molar-refractivity contribution in [3.05, 3.63) is 46.2 Å². The molecule has 0 saturated carbocycles. The number of hydrogen-bond donors (Lipinski definition) is 2. The third-order valence-corrected chi connectivity index (χ3v) is 3.47. The van der Waals surface area contributed by atoms with Gasteiger partial charge in [0.25, 0.3) is 5.91 Å². The van der Waals surface area contributed by atoms with Crippen molar-refractivity contribution in [2.75, 3.05) is 13.1 Å². The van der Waals surface area contributed by atoms with Gasteiger partial charge in [0.1, 0.15) is 5.56 Å². The molecule has 0 radical (unpaired) electrons. The van der Waals surface area contributed by atoms with Crippen molar-refractivity contribution in [3.8, 4) is 0 Å². The molecule has 2 heterocycles. The van der Waals surface area contributed by atoms with E-state index in [1.807, 2.05) is 6.07 Å². The third kappa shape index (κ3) is 2.02. The number of aromatic nitrogens is 1. The van der Waals surface area contributed by atoms with Crippen LogP contribution in [-0.2, 0) is 0 Å². The summed E-state index contributed by atoms with van der Waals surface area (Å²) in [5.74, 6) is -0.316. The summed E-state index contributed by atoms with van der Waals surface area (Å²) in [6.07, 6.45) is 1.54. The van der Waals surface area contributed by atoms with Crippen molar-refractivity contribution >= 4 is 16.8 Å². The maximum Gasteiger partial charge on any atom is 0.259 e. The molecule has 1 saturated heterocycles. The lowest BCUT2D eigenvalue weighted by Gasteiger charge is -2.15. The number of likely N-dealkylation sites (tertiary alicyclic amines) is 1. The number of carbonyl (C=O) groups is 1. The minimum atomic E-state index is -0.483. The number of hydrogen-bond acceptors (Lipinski definition) is 3. The van der Waals surface area contributed by atoms with Crippen molar-refractivity contribution in [1.29, 1.82) is 0 Å². The van der Waals surface area contributed by atoms with Crippen LogP contribution in [0.4, 0.5) is 0 Å². The van der Waals surface area contributed by atoms with Crippen LogP contribution >= 0.6 is 0 Å². The second-order valence-electron chi connectivity index (χ2n) is 4.77. The summed E-state index contributed by atoms with van der Waals surface area (Å²) in [5.41, 5.74) is 0.582. The second-order valence-corrected chi connectivity index (χ2v) is 4.77. The Morgan fingerprint density at radius 2 is 2.16 bits per heavy atom. The highest BCUT2D eigenvalue weighted by molar-refractivity contribution is 5.97. The Balaban J connectivity index is 2.04. The molecule has 2 N–H and O–H groups in total. The maximum atomic E-state index is 12.3. The lowest BCUT2D eigenvalue weighted by Crippen LogP contribution is -2.33. The summed E-state index contributed by atoms with van der Waals surface area (Å²) < 4.78 is 0. The zero-order valence-corrected chi connectivity index (χ0v) is 10.3. The van der Waals surface area contributed by atoms with Crippen LogP contribution in [0.2, 0.25) is 0 Å². The molecule has 1 aliphatic rings. The van der Waals surface area contributed by atoms with Crippen molar-refractivity contribution < 1.29 is 9.90 Å². The topological polar surface area (TPSA) is 73.4 Å². The van der Waals surface area contributed by atoms with Crippen molar-refractivity contribution in [2.45, 2.75) is 12.5 Å². The zero-order chi connectivity index (χ0) is 13.4. The molecule has 19 heavy (non-hydrogen) atoms. The van der Waals surface area contributed by atoms with Gasteiger partial charge >= 0.3 is 0 Å². The highest BCUT2D eigenvalue weighted by atomic mass is 16.3. The molecule has 1 aromatic heterocycles. The van der Waals surface area contributed by atoms with Crippen molar-refractivity contribution in [2.24, 2.45) is 0 Å². The fraction of sp³-hybridized carbons (Fsp3) is 0.286. The Morgan fingerprint density at radius 3 is 2.89 bits per heavy atom. The molecule has 5 heteroatoms. The lowest BCUT2D eigenvalue weighted by molar-refractivity contribution is 0.0763. The number of aromatic amines is 1. The van der Waals surface area contributed by atoms with E-state index in [1.165, 1.54) is 11.1 Å². The average Bonchev–Trinajstić information content (AvgIpc) is 2.85. The first-order valence-corrected chi connectivity index (χ1v) is 6.24. The molecule has 5 nitrogen and oxygen atoms in total. The molecule has 1 aromatic carbocycles. The number of aliphatic hydroxyl groups is 1. The van der Waals surface area contributed by atoms with Crippen LogP contribution in [0.5, 0.6) is 0 Å². The van der Waals surface area contributed by atoms with Crippen LogP contribution in [-0.4, -0.2) is 40.1 Å². The van der Waals surface area contributed by atoms with Gasteiger partial charge in [0, 0.05) is 30.2 Å². The quantitative estimate of drug-likeness (QED) is 0.792. The normalized spacial score (nSPS) is 19.0. The Labute approximate surface area is 109 Å². The molecular formula is C14H14N2O3. The molecule has 1 unspecified atom stereocenters. The number of aliphatic hydroxyl groups excluding tert-OH is 1. The van der Waals surface area contributed by atoms with Gasteiger partial charge in [-0.1, -0.05) is 12.1 Å². The molecule has 1 atom stereocenters. The zero-order valence-electron chi connectivity index (χ0n) is 10.3. The number of fused-ring (bicyclic) bond motifs is 1. The fourth-order valence-corrected chi connectivity index (χ4v) is 2.42. The monoisotopic (exact) mass is 258 g/mol. The van der Waals surface area contributed by atoms with Gasteiger partial charge in [-0.2, -0.15) is 0 Å². The number of para-hydroxylation sites is 1. The predicted octanol–water partition coefficient (Wildman–Crippen LogP) is 0.735. The molecular weight excluding hydrogens is 244 g/mol. The molecule has 0 spiro atoms. The average molecular weight is 258 g/mol. The molecule has 1 aliphatic heterocycles.